The predicted octanol–water partition coefficient (Wildman–Crippen LogP) is 3.23. The summed E-state index contributed by atoms with van der Waals surface area (Å²) in [6, 6.07) is 0. The molecule has 0 radical (unpaired) electrons. The van der Waals surface area contributed by atoms with E-state index in [0.717, 1.165) is 30.7 Å². The lowest BCUT2D eigenvalue weighted by Gasteiger charge is -2.15. The summed E-state index contributed by atoms with van der Waals surface area (Å²) in [7, 11) is 0. The first-order valence-electron chi connectivity index (χ1n) is 7.00. The van der Waals surface area contributed by atoms with Gasteiger partial charge in [-0.1, -0.05) is 6.92 Å². The van der Waals surface area contributed by atoms with Gasteiger partial charge >= 0.3 is 0 Å². The largest absolute Gasteiger partial charge is 0.311 e. The van der Waals surface area contributed by atoms with Crippen molar-refractivity contribution in [3.8, 4) is 0 Å². The monoisotopic (exact) mass is 250 g/mol. The number of hydrogen-bond donors (Lipinski definition) is 1. The highest BCUT2D eigenvalue weighted by atomic mass is 32.1. The van der Waals surface area contributed by atoms with Crippen LogP contribution < -0.4 is 5.32 Å². The zero-order valence-electron chi connectivity index (χ0n) is 10.6. The number of nitrogens with zero attached hydrogens (tertiary/aromatic N) is 1. The molecule has 2 nitrogen and oxygen atoms in total. The van der Waals surface area contributed by atoms with Crippen molar-refractivity contribution in [1.82, 2.24) is 10.3 Å². The summed E-state index contributed by atoms with van der Waals surface area (Å²) >= 11 is 1.79. The third-order valence-corrected chi connectivity index (χ3v) is 5.08. The van der Waals surface area contributed by atoms with Crippen LogP contribution in [0.2, 0.25) is 0 Å². The van der Waals surface area contributed by atoms with E-state index in [0.29, 0.717) is 0 Å². The molecular weight excluding hydrogens is 228 g/mol. The summed E-state index contributed by atoms with van der Waals surface area (Å²) in [6.45, 7) is 4.35. The van der Waals surface area contributed by atoms with Gasteiger partial charge in [-0.25, -0.2) is 4.98 Å². The summed E-state index contributed by atoms with van der Waals surface area (Å²) in [5.41, 5.74) is 1.23. The fourth-order valence-electron chi connectivity index (χ4n) is 2.73. The van der Waals surface area contributed by atoms with Gasteiger partial charge in [0.1, 0.15) is 0 Å². The van der Waals surface area contributed by atoms with Crippen molar-refractivity contribution in [3.63, 3.8) is 0 Å². The van der Waals surface area contributed by atoms with Crippen LogP contribution in [0, 0.1) is 17.8 Å². The molecule has 3 heteroatoms. The van der Waals surface area contributed by atoms with E-state index >= 15 is 0 Å². The number of thiazole rings is 1. The molecule has 0 unspecified atom stereocenters. The van der Waals surface area contributed by atoms with Crippen LogP contribution in [-0.4, -0.2) is 11.5 Å². The van der Waals surface area contributed by atoms with Gasteiger partial charge in [-0.15, -0.1) is 11.3 Å². The SMILES string of the molecule is CCc1nc(CNCC(C2CC2)C2CC2)cs1. The van der Waals surface area contributed by atoms with Crippen molar-refractivity contribution < 1.29 is 0 Å². The second-order valence-corrected chi connectivity index (χ2v) is 6.50. The average molecular weight is 250 g/mol. The maximum Gasteiger partial charge on any atom is 0.0926 e. The van der Waals surface area contributed by atoms with E-state index in [4.69, 9.17) is 0 Å². The molecule has 0 saturated heterocycles. The van der Waals surface area contributed by atoms with Crippen LogP contribution in [0.25, 0.3) is 0 Å². The minimum atomic E-state index is 0.965. The van der Waals surface area contributed by atoms with Gasteiger partial charge < -0.3 is 5.32 Å². The van der Waals surface area contributed by atoms with E-state index in [1.165, 1.54) is 42.9 Å². The smallest absolute Gasteiger partial charge is 0.0926 e. The van der Waals surface area contributed by atoms with E-state index in [-0.39, 0.29) is 0 Å². The molecule has 1 heterocycles. The highest BCUT2D eigenvalue weighted by Crippen LogP contribution is 2.48. The highest BCUT2D eigenvalue weighted by molar-refractivity contribution is 7.09. The molecule has 2 aliphatic rings. The van der Waals surface area contributed by atoms with Gasteiger partial charge in [-0.05, 0) is 56.4 Å². The van der Waals surface area contributed by atoms with Crippen molar-refractivity contribution in [3.05, 3.63) is 16.1 Å². The first kappa shape index (κ1) is 11.7. The first-order chi connectivity index (χ1) is 8.36. The molecule has 3 rings (SSSR count). The molecule has 0 amide bonds. The maximum atomic E-state index is 4.60. The summed E-state index contributed by atoms with van der Waals surface area (Å²) < 4.78 is 0. The van der Waals surface area contributed by atoms with E-state index < -0.39 is 0 Å². The average Bonchev–Trinajstić information content (AvgIpc) is 3.25. The van der Waals surface area contributed by atoms with Crippen molar-refractivity contribution in [2.45, 2.75) is 45.6 Å². The number of rotatable bonds is 7. The third kappa shape index (κ3) is 3.08. The molecule has 0 aliphatic heterocycles. The van der Waals surface area contributed by atoms with Gasteiger partial charge in [0.05, 0.1) is 10.7 Å². The van der Waals surface area contributed by atoms with E-state index in [2.05, 4.69) is 22.6 Å². The molecular formula is C14H22N2S. The number of aryl methyl sites for hydroxylation is 1. The number of aromatic nitrogens is 1. The molecule has 2 saturated carbocycles. The molecule has 1 aromatic rings. The second kappa shape index (κ2) is 5.07. The molecule has 17 heavy (non-hydrogen) atoms. The van der Waals surface area contributed by atoms with Crippen LogP contribution in [0.5, 0.6) is 0 Å². The molecule has 0 atom stereocenters. The Hall–Kier alpha value is -0.410. The fourth-order valence-corrected chi connectivity index (χ4v) is 3.47. The minimum absolute atomic E-state index is 0.965. The molecule has 2 aliphatic carbocycles. The highest BCUT2D eigenvalue weighted by Gasteiger charge is 2.40. The summed E-state index contributed by atoms with van der Waals surface area (Å²) in [6.07, 6.45) is 7.01. The van der Waals surface area contributed by atoms with Crippen molar-refractivity contribution >= 4 is 11.3 Å². The Morgan fingerprint density at radius 1 is 1.35 bits per heavy atom. The second-order valence-electron chi connectivity index (χ2n) is 5.56. The van der Waals surface area contributed by atoms with Crippen LogP contribution in [0.4, 0.5) is 0 Å². The Bertz CT molecular complexity index is 354. The predicted molar refractivity (Wildman–Crippen MR) is 72.1 cm³/mol. The van der Waals surface area contributed by atoms with Gasteiger partial charge in [0.2, 0.25) is 0 Å². The van der Waals surface area contributed by atoms with Gasteiger partial charge in [-0.2, -0.15) is 0 Å². The van der Waals surface area contributed by atoms with Gasteiger partial charge in [0, 0.05) is 11.9 Å². The standard InChI is InChI=1S/C14H22N2S/c1-2-14-16-12(9-17-14)7-15-8-13(10-3-4-10)11-5-6-11/h9-11,13,15H,2-8H2,1H3. The Labute approximate surface area is 108 Å². The van der Waals surface area contributed by atoms with E-state index in [9.17, 15) is 0 Å². The number of nitrogens with one attached hydrogen (secondary N) is 1. The lowest BCUT2D eigenvalue weighted by atomic mass is 9.98. The van der Waals surface area contributed by atoms with E-state index in [1.807, 2.05) is 0 Å². The zero-order chi connectivity index (χ0) is 11.7. The molecule has 0 bridgehead atoms. The van der Waals surface area contributed by atoms with Crippen molar-refractivity contribution in [2.24, 2.45) is 17.8 Å². The van der Waals surface area contributed by atoms with Crippen LogP contribution in [0.15, 0.2) is 5.38 Å². The zero-order valence-corrected chi connectivity index (χ0v) is 11.4. The van der Waals surface area contributed by atoms with Gasteiger partial charge in [0.25, 0.3) is 0 Å². The van der Waals surface area contributed by atoms with Crippen LogP contribution in [-0.2, 0) is 13.0 Å². The molecule has 2 fully saturated rings. The van der Waals surface area contributed by atoms with Crippen molar-refractivity contribution in [2.75, 3.05) is 6.54 Å². The van der Waals surface area contributed by atoms with E-state index in [1.54, 1.807) is 11.3 Å². The number of hydrogen-bond acceptors (Lipinski definition) is 3. The molecule has 0 spiro atoms. The third-order valence-electron chi connectivity index (χ3n) is 4.04. The minimum Gasteiger partial charge on any atom is -0.311 e. The Balaban J connectivity index is 1.44. The Morgan fingerprint density at radius 3 is 2.59 bits per heavy atom. The Morgan fingerprint density at radius 2 is 2.06 bits per heavy atom. The molecule has 0 aromatic carbocycles. The van der Waals surface area contributed by atoms with Crippen LogP contribution in [0.3, 0.4) is 0 Å². The topological polar surface area (TPSA) is 24.9 Å². The van der Waals surface area contributed by atoms with Crippen LogP contribution >= 0.6 is 11.3 Å². The molecule has 1 N–H and O–H groups in total. The van der Waals surface area contributed by atoms with Crippen LogP contribution in [0.1, 0.15) is 43.3 Å². The molecule has 94 valence electrons. The lowest BCUT2D eigenvalue weighted by Crippen LogP contribution is -2.25. The normalized spacial score (nSPS) is 20.1. The lowest BCUT2D eigenvalue weighted by molar-refractivity contribution is 0.378. The van der Waals surface area contributed by atoms with Crippen molar-refractivity contribution in [1.29, 1.82) is 0 Å². The maximum absolute atomic E-state index is 4.60. The first-order valence-corrected chi connectivity index (χ1v) is 7.88. The van der Waals surface area contributed by atoms with Gasteiger partial charge in [0.15, 0.2) is 0 Å². The quantitative estimate of drug-likeness (QED) is 0.803. The summed E-state index contributed by atoms with van der Waals surface area (Å²) in [5.74, 6) is 3.08. The Kier molecular flexibility index (Phi) is 3.48. The summed E-state index contributed by atoms with van der Waals surface area (Å²) in [4.78, 5) is 4.60. The fraction of sp³-hybridized carbons (Fsp3) is 0.786. The van der Waals surface area contributed by atoms with Gasteiger partial charge in [-0.3, -0.25) is 0 Å². The summed E-state index contributed by atoms with van der Waals surface area (Å²) in [5, 5.41) is 7.10. The molecule has 1 aromatic heterocycles.